The molecule has 0 spiro atoms. The molecule has 0 unspecified atom stereocenters. The van der Waals surface area contributed by atoms with Crippen molar-refractivity contribution in [2.75, 3.05) is 0 Å². The van der Waals surface area contributed by atoms with Gasteiger partial charge in [0.2, 0.25) is 0 Å². The first-order chi connectivity index (χ1) is 12.9. The molecular weight excluding hydrogens is 431 g/mol. The van der Waals surface area contributed by atoms with Gasteiger partial charge in [-0.15, -0.1) is 45.8 Å². The Morgan fingerprint density at radius 2 is 0.793 bits per heavy atom. The normalized spacial score (nSPS) is 9.93. The average Bonchev–Trinajstić information content (AvgIpc) is 3.38. The van der Waals surface area contributed by atoms with Crippen LogP contribution in [0.2, 0.25) is 0 Å². The molecule has 0 atom stereocenters. The zero-order valence-corrected chi connectivity index (χ0v) is 18.7. The summed E-state index contributed by atoms with van der Waals surface area (Å²) in [5.41, 5.74) is 0. The van der Waals surface area contributed by atoms with Gasteiger partial charge in [-0.05, 0) is 0 Å². The first kappa shape index (κ1) is 23.2. The van der Waals surface area contributed by atoms with Gasteiger partial charge in [0.25, 0.3) is 0 Å². The van der Waals surface area contributed by atoms with Crippen molar-refractivity contribution in [1.82, 2.24) is 0 Å². The van der Waals surface area contributed by atoms with Crippen LogP contribution in [0.25, 0.3) is 43.1 Å². The summed E-state index contributed by atoms with van der Waals surface area (Å²) in [6, 6.07) is 38.6. The Hall–Kier alpha value is -2.09. The zero-order chi connectivity index (χ0) is 17.3. The second kappa shape index (κ2) is 10.1. The number of hydrogen-bond donors (Lipinski definition) is 0. The minimum absolute atomic E-state index is 0. The SMILES string of the molecule is [Cl-].[Cl-].[Ti+4].c1ccc2c(c1)ccc1cc[cH-]c12.c1ccc2c(c1)ccc1cc[cH-]c12. The van der Waals surface area contributed by atoms with Crippen LogP contribution in [0.1, 0.15) is 0 Å². The predicted molar refractivity (Wildman–Crippen MR) is 114 cm³/mol. The molecule has 0 fully saturated rings. The van der Waals surface area contributed by atoms with Crippen molar-refractivity contribution in [3.8, 4) is 0 Å². The van der Waals surface area contributed by atoms with Gasteiger partial charge < -0.3 is 24.8 Å². The van der Waals surface area contributed by atoms with E-state index in [1.165, 1.54) is 43.1 Å². The Labute approximate surface area is 198 Å². The van der Waals surface area contributed by atoms with Crippen LogP contribution in [0.3, 0.4) is 0 Å². The molecule has 0 N–H and O–H groups in total. The van der Waals surface area contributed by atoms with Gasteiger partial charge in [-0.25, -0.2) is 0 Å². The van der Waals surface area contributed by atoms with Crippen LogP contribution < -0.4 is 24.8 Å². The Kier molecular flexibility index (Phi) is 8.08. The molecule has 0 radical (unpaired) electrons. The number of rotatable bonds is 0. The summed E-state index contributed by atoms with van der Waals surface area (Å²) in [6.45, 7) is 0. The van der Waals surface area contributed by atoms with Crippen LogP contribution in [-0.4, -0.2) is 0 Å². The fourth-order valence-electron chi connectivity index (χ4n) is 3.78. The Balaban J connectivity index is 0.000000187. The van der Waals surface area contributed by atoms with Crippen molar-refractivity contribution in [1.29, 1.82) is 0 Å². The van der Waals surface area contributed by atoms with Crippen LogP contribution >= 0.6 is 0 Å². The van der Waals surface area contributed by atoms with Gasteiger partial charge in [-0.1, -0.05) is 82.2 Å². The van der Waals surface area contributed by atoms with Crippen molar-refractivity contribution in [3.63, 3.8) is 0 Å². The third-order valence-electron chi connectivity index (χ3n) is 5.09. The van der Waals surface area contributed by atoms with Crippen molar-refractivity contribution < 1.29 is 46.5 Å². The fraction of sp³-hybridized carbons (Fsp3) is 0. The van der Waals surface area contributed by atoms with Gasteiger partial charge in [0.15, 0.2) is 0 Å². The van der Waals surface area contributed by atoms with Crippen molar-refractivity contribution in [2.45, 2.75) is 0 Å². The molecule has 6 aromatic rings. The Bertz CT molecular complexity index is 1240. The van der Waals surface area contributed by atoms with E-state index in [9.17, 15) is 0 Å². The second-order valence-electron chi connectivity index (χ2n) is 6.63. The van der Waals surface area contributed by atoms with Gasteiger partial charge >= 0.3 is 21.7 Å². The standard InChI is InChI=1S/2C13H9.2ClH.Ti/c2*1-2-6-12-10(4-1)8-9-11-5-3-7-13(11)12;;;/h2*1-9H;2*1H;/q2*-1;;;+4/p-2. The van der Waals surface area contributed by atoms with Crippen LogP contribution in [0.15, 0.2) is 109 Å². The quantitative estimate of drug-likeness (QED) is 0.243. The number of fused-ring (bicyclic) bond motifs is 6. The summed E-state index contributed by atoms with van der Waals surface area (Å²) in [6.07, 6.45) is 0. The van der Waals surface area contributed by atoms with Crippen molar-refractivity contribution in [2.24, 2.45) is 0 Å². The summed E-state index contributed by atoms with van der Waals surface area (Å²) in [7, 11) is 0. The second-order valence-corrected chi connectivity index (χ2v) is 6.63. The summed E-state index contributed by atoms with van der Waals surface area (Å²) in [5, 5.41) is 10.7. The maximum atomic E-state index is 2.18. The minimum atomic E-state index is 0. The number of halogens is 2. The Morgan fingerprint density at radius 3 is 1.24 bits per heavy atom. The number of benzene rings is 4. The van der Waals surface area contributed by atoms with Gasteiger partial charge in [-0.3, -0.25) is 0 Å². The van der Waals surface area contributed by atoms with E-state index in [-0.39, 0.29) is 46.5 Å². The van der Waals surface area contributed by atoms with Crippen molar-refractivity contribution in [3.05, 3.63) is 109 Å². The molecule has 0 aliphatic rings. The van der Waals surface area contributed by atoms with E-state index in [1.54, 1.807) is 0 Å². The molecule has 0 nitrogen and oxygen atoms in total. The monoisotopic (exact) mass is 448 g/mol. The van der Waals surface area contributed by atoms with Crippen molar-refractivity contribution >= 4 is 43.1 Å². The molecular formula is C26H18Cl2Ti. The summed E-state index contributed by atoms with van der Waals surface area (Å²) >= 11 is 0. The molecule has 6 aromatic carbocycles. The smallest absolute Gasteiger partial charge is 1.00 e. The molecule has 3 heteroatoms. The molecule has 0 bridgehead atoms. The fourth-order valence-corrected chi connectivity index (χ4v) is 3.78. The molecule has 140 valence electrons. The van der Waals surface area contributed by atoms with E-state index in [2.05, 4.69) is 109 Å². The first-order valence-electron chi connectivity index (χ1n) is 8.96. The molecule has 6 rings (SSSR count). The van der Waals surface area contributed by atoms with E-state index < -0.39 is 0 Å². The van der Waals surface area contributed by atoms with Crippen LogP contribution in [-0.2, 0) is 21.7 Å². The summed E-state index contributed by atoms with van der Waals surface area (Å²) < 4.78 is 0. The van der Waals surface area contributed by atoms with Crippen LogP contribution in [0, 0.1) is 0 Å². The third kappa shape index (κ3) is 4.42. The molecule has 29 heavy (non-hydrogen) atoms. The molecule has 0 saturated carbocycles. The third-order valence-corrected chi connectivity index (χ3v) is 5.09. The summed E-state index contributed by atoms with van der Waals surface area (Å²) in [4.78, 5) is 0. The molecule has 0 aliphatic heterocycles. The van der Waals surface area contributed by atoms with E-state index in [1.807, 2.05) is 0 Å². The van der Waals surface area contributed by atoms with Gasteiger partial charge in [-0.2, -0.15) is 24.3 Å². The first-order valence-corrected chi connectivity index (χ1v) is 8.96. The molecule has 0 aromatic heterocycles. The van der Waals surface area contributed by atoms with E-state index in [4.69, 9.17) is 0 Å². The van der Waals surface area contributed by atoms with Crippen LogP contribution in [0.4, 0.5) is 0 Å². The average molecular weight is 449 g/mol. The van der Waals surface area contributed by atoms with Gasteiger partial charge in [0.05, 0.1) is 0 Å². The largest absolute Gasteiger partial charge is 4.00 e. The molecule has 0 saturated heterocycles. The maximum absolute atomic E-state index is 2.18. The predicted octanol–water partition coefficient (Wildman–Crippen LogP) is 1.43. The zero-order valence-electron chi connectivity index (χ0n) is 15.6. The Morgan fingerprint density at radius 1 is 0.414 bits per heavy atom. The molecule has 0 heterocycles. The van der Waals surface area contributed by atoms with Gasteiger partial charge in [0, 0.05) is 0 Å². The topological polar surface area (TPSA) is 0 Å². The maximum Gasteiger partial charge on any atom is 4.00 e. The minimum Gasteiger partial charge on any atom is -1.00 e. The number of hydrogen-bond acceptors (Lipinski definition) is 0. The molecule has 0 aliphatic carbocycles. The van der Waals surface area contributed by atoms with E-state index in [0.29, 0.717) is 0 Å². The van der Waals surface area contributed by atoms with Gasteiger partial charge in [0.1, 0.15) is 0 Å². The molecule has 0 amide bonds. The van der Waals surface area contributed by atoms with E-state index >= 15 is 0 Å². The van der Waals surface area contributed by atoms with Crippen LogP contribution in [0.5, 0.6) is 0 Å². The van der Waals surface area contributed by atoms with E-state index in [0.717, 1.165) is 0 Å². The summed E-state index contributed by atoms with van der Waals surface area (Å²) in [5.74, 6) is 0.